The highest BCUT2D eigenvalue weighted by molar-refractivity contribution is 14.1. The fraction of sp³-hybridized carbons (Fsp3) is 1.00. The number of halogens is 2. The maximum atomic E-state index is 13.0. The first-order valence-corrected chi connectivity index (χ1v) is 5.55. The molecule has 0 aliphatic rings. The Morgan fingerprint density at radius 2 is 1.73 bits per heavy atom. The van der Waals surface area contributed by atoms with Gasteiger partial charge in [-0.1, -0.05) is 43.4 Å². The molecule has 0 rings (SSSR count). The van der Waals surface area contributed by atoms with E-state index < -0.39 is 6.17 Å². The molecule has 0 aromatic rings. The van der Waals surface area contributed by atoms with Gasteiger partial charge in [-0.25, -0.2) is 4.39 Å². The second-order valence-corrected chi connectivity index (χ2v) is 5.71. The lowest BCUT2D eigenvalue weighted by molar-refractivity contribution is 0.281. The number of rotatable bonds is 5. The van der Waals surface area contributed by atoms with Gasteiger partial charge in [-0.05, 0) is 25.2 Å². The Bertz CT molecular complexity index is 91.6. The van der Waals surface area contributed by atoms with E-state index in [2.05, 4.69) is 43.4 Å². The summed E-state index contributed by atoms with van der Waals surface area (Å²) in [6.45, 7) is 6.34. The first-order valence-electron chi connectivity index (χ1n) is 4.30. The molecule has 0 saturated heterocycles. The Kier molecular flexibility index (Phi) is 6.58. The predicted octanol–water partition coefficient (Wildman–Crippen LogP) is 3.97. The van der Waals surface area contributed by atoms with Crippen molar-refractivity contribution in [3.8, 4) is 0 Å². The summed E-state index contributed by atoms with van der Waals surface area (Å²) < 4.78 is 13.5. The first-order chi connectivity index (χ1) is 5.02. The van der Waals surface area contributed by atoms with Crippen LogP contribution in [-0.4, -0.2) is 10.1 Å². The van der Waals surface area contributed by atoms with Gasteiger partial charge in [-0.2, -0.15) is 0 Å². The highest BCUT2D eigenvalue weighted by Crippen LogP contribution is 2.17. The molecule has 0 aliphatic heterocycles. The monoisotopic (exact) mass is 272 g/mol. The van der Waals surface area contributed by atoms with Gasteiger partial charge in [-0.3, -0.25) is 0 Å². The van der Waals surface area contributed by atoms with E-state index in [1.807, 2.05) is 0 Å². The molecule has 0 radical (unpaired) electrons. The Labute approximate surface area is 83.1 Å². The number of hydrogen-bond acceptors (Lipinski definition) is 0. The summed E-state index contributed by atoms with van der Waals surface area (Å²) in [5.74, 6) is 0.637. The van der Waals surface area contributed by atoms with Crippen molar-refractivity contribution < 1.29 is 4.39 Å². The van der Waals surface area contributed by atoms with Crippen LogP contribution in [0.5, 0.6) is 0 Å². The summed E-state index contributed by atoms with van der Waals surface area (Å²) in [5.41, 5.74) is 0. The second kappa shape index (κ2) is 6.21. The molecule has 0 aromatic heterocycles. The third-order valence-corrected chi connectivity index (χ3v) is 2.15. The molecule has 68 valence electrons. The second-order valence-electron chi connectivity index (χ2n) is 3.58. The molecular formula is C9H18FI. The highest BCUT2D eigenvalue weighted by Gasteiger charge is 2.09. The fourth-order valence-electron chi connectivity index (χ4n) is 0.984. The van der Waals surface area contributed by atoms with E-state index in [1.165, 1.54) is 0 Å². The minimum atomic E-state index is -0.579. The van der Waals surface area contributed by atoms with Gasteiger partial charge in [0.25, 0.3) is 0 Å². The summed E-state index contributed by atoms with van der Waals surface area (Å²) in [7, 11) is 0. The molecule has 0 fully saturated rings. The maximum absolute atomic E-state index is 13.0. The molecular weight excluding hydrogens is 254 g/mol. The highest BCUT2D eigenvalue weighted by atomic mass is 127. The van der Waals surface area contributed by atoms with Gasteiger partial charge in [0.15, 0.2) is 0 Å². The van der Waals surface area contributed by atoms with Gasteiger partial charge >= 0.3 is 0 Å². The Balaban J connectivity index is 3.29. The Morgan fingerprint density at radius 1 is 1.18 bits per heavy atom. The fourth-order valence-corrected chi connectivity index (χ4v) is 1.54. The summed E-state index contributed by atoms with van der Waals surface area (Å²) in [4.78, 5) is 0. The molecule has 2 heteroatoms. The van der Waals surface area contributed by atoms with Crippen LogP contribution in [0.1, 0.15) is 40.0 Å². The smallest absolute Gasteiger partial charge is 0.101 e. The van der Waals surface area contributed by atoms with Crippen molar-refractivity contribution in [1.82, 2.24) is 0 Å². The van der Waals surface area contributed by atoms with Crippen LogP contribution in [0, 0.1) is 5.92 Å². The van der Waals surface area contributed by atoms with E-state index in [0.29, 0.717) is 16.3 Å². The topological polar surface area (TPSA) is 0 Å². The summed E-state index contributed by atoms with van der Waals surface area (Å²) >= 11 is 2.27. The summed E-state index contributed by atoms with van der Waals surface area (Å²) in [5, 5.41) is 0. The molecule has 2 unspecified atom stereocenters. The summed E-state index contributed by atoms with van der Waals surface area (Å²) in [6, 6.07) is 0. The van der Waals surface area contributed by atoms with E-state index in [9.17, 15) is 4.39 Å². The lowest BCUT2D eigenvalue weighted by Crippen LogP contribution is -2.07. The van der Waals surface area contributed by atoms with Crippen LogP contribution in [0.3, 0.4) is 0 Å². The van der Waals surface area contributed by atoms with Gasteiger partial charge < -0.3 is 0 Å². The average molecular weight is 272 g/mol. The van der Waals surface area contributed by atoms with Gasteiger partial charge in [0.1, 0.15) is 6.17 Å². The van der Waals surface area contributed by atoms with Crippen molar-refractivity contribution in [2.75, 3.05) is 0 Å². The zero-order chi connectivity index (χ0) is 8.85. The van der Waals surface area contributed by atoms with E-state index in [-0.39, 0.29) is 0 Å². The summed E-state index contributed by atoms with van der Waals surface area (Å²) in [6.07, 6.45) is 1.90. The molecule has 0 aliphatic carbocycles. The molecule has 0 saturated carbocycles. The van der Waals surface area contributed by atoms with Crippen LogP contribution < -0.4 is 0 Å². The van der Waals surface area contributed by atoms with Crippen molar-refractivity contribution >= 4 is 22.6 Å². The quantitative estimate of drug-likeness (QED) is 0.524. The van der Waals surface area contributed by atoms with Crippen LogP contribution in [0.4, 0.5) is 4.39 Å². The maximum Gasteiger partial charge on any atom is 0.101 e. The normalized spacial score (nSPS) is 16.9. The zero-order valence-corrected chi connectivity index (χ0v) is 9.77. The molecule has 11 heavy (non-hydrogen) atoms. The number of alkyl halides is 2. The Hall–Kier alpha value is 0.660. The van der Waals surface area contributed by atoms with Crippen LogP contribution >= 0.6 is 22.6 Å². The van der Waals surface area contributed by atoms with Gasteiger partial charge in [0, 0.05) is 3.92 Å². The SMILES string of the molecule is CC(C)CCC(F)CC(C)I. The van der Waals surface area contributed by atoms with E-state index in [4.69, 9.17) is 0 Å². The predicted molar refractivity (Wildman–Crippen MR) is 57.1 cm³/mol. The molecule has 0 heterocycles. The van der Waals surface area contributed by atoms with Gasteiger partial charge in [0.05, 0.1) is 0 Å². The molecule has 0 N–H and O–H groups in total. The van der Waals surface area contributed by atoms with Gasteiger partial charge in [-0.15, -0.1) is 0 Å². The number of hydrogen-bond donors (Lipinski definition) is 0. The van der Waals surface area contributed by atoms with Crippen LogP contribution in [0.15, 0.2) is 0 Å². The van der Waals surface area contributed by atoms with Crippen molar-refractivity contribution in [3.05, 3.63) is 0 Å². The van der Waals surface area contributed by atoms with Crippen LogP contribution in [-0.2, 0) is 0 Å². The van der Waals surface area contributed by atoms with Crippen molar-refractivity contribution in [2.24, 2.45) is 5.92 Å². The zero-order valence-electron chi connectivity index (χ0n) is 7.61. The molecule has 0 spiro atoms. The van der Waals surface area contributed by atoms with Crippen LogP contribution in [0.2, 0.25) is 0 Å². The minimum Gasteiger partial charge on any atom is -0.247 e. The van der Waals surface area contributed by atoms with Crippen LogP contribution in [0.25, 0.3) is 0 Å². The van der Waals surface area contributed by atoms with Crippen molar-refractivity contribution in [2.45, 2.75) is 50.1 Å². The van der Waals surface area contributed by atoms with Crippen molar-refractivity contribution in [1.29, 1.82) is 0 Å². The standard InChI is InChI=1S/C9H18FI/c1-7(2)4-5-9(10)6-8(3)11/h7-9H,4-6H2,1-3H3. The third kappa shape index (κ3) is 8.57. The van der Waals surface area contributed by atoms with E-state index >= 15 is 0 Å². The average Bonchev–Trinajstić information content (AvgIpc) is 1.82. The van der Waals surface area contributed by atoms with E-state index in [1.54, 1.807) is 0 Å². The molecule has 0 aromatic carbocycles. The lowest BCUT2D eigenvalue weighted by Gasteiger charge is -2.10. The molecule has 2 atom stereocenters. The lowest BCUT2D eigenvalue weighted by atomic mass is 10.0. The largest absolute Gasteiger partial charge is 0.247 e. The minimum absolute atomic E-state index is 0.467. The third-order valence-electron chi connectivity index (χ3n) is 1.64. The first kappa shape index (κ1) is 11.7. The molecule has 0 nitrogen and oxygen atoms in total. The van der Waals surface area contributed by atoms with Gasteiger partial charge in [0.2, 0.25) is 0 Å². The Morgan fingerprint density at radius 3 is 2.09 bits per heavy atom. The van der Waals surface area contributed by atoms with Crippen molar-refractivity contribution in [3.63, 3.8) is 0 Å². The molecule has 0 amide bonds. The van der Waals surface area contributed by atoms with E-state index in [0.717, 1.165) is 12.8 Å². The molecule has 0 bridgehead atoms.